The fourth-order valence-electron chi connectivity index (χ4n) is 3.29. The molecule has 20 heavy (non-hydrogen) atoms. The molecule has 2 rings (SSSR count). The Morgan fingerprint density at radius 1 is 1.15 bits per heavy atom. The van der Waals surface area contributed by atoms with Crippen molar-refractivity contribution in [1.82, 2.24) is 5.32 Å². The number of hydrogen-bond donors (Lipinski definition) is 1. The minimum Gasteiger partial charge on any atom is -0.369 e. The highest BCUT2D eigenvalue weighted by molar-refractivity contribution is 5.49. The first-order chi connectivity index (χ1) is 9.65. The van der Waals surface area contributed by atoms with Crippen molar-refractivity contribution < 1.29 is 0 Å². The fraction of sp³-hybridized carbons (Fsp3) is 0.667. The number of rotatable bonds is 5. The summed E-state index contributed by atoms with van der Waals surface area (Å²) in [4.78, 5) is 2.58. The summed E-state index contributed by atoms with van der Waals surface area (Å²) >= 11 is 0. The number of nitrogens with zero attached hydrogens (tertiary/aromatic N) is 1. The molecule has 1 aromatic rings. The Morgan fingerprint density at radius 2 is 1.85 bits per heavy atom. The number of anilines is 1. The van der Waals surface area contributed by atoms with Gasteiger partial charge in [-0.3, -0.25) is 0 Å². The van der Waals surface area contributed by atoms with E-state index in [2.05, 4.69) is 62.2 Å². The van der Waals surface area contributed by atoms with Crippen molar-refractivity contribution >= 4 is 5.69 Å². The van der Waals surface area contributed by atoms with E-state index in [-0.39, 0.29) is 0 Å². The van der Waals surface area contributed by atoms with Gasteiger partial charge in [0.15, 0.2) is 0 Å². The summed E-state index contributed by atoms with van der Waals surface area (Å²) in [6.07, 6.45) is 3.83. The van der Waals surface area contributed by atoms with Gasteiger partial charge in [-0.15, -0.1) is 0 Å². The fourth-order valence-corrected chi connectivity index (χ4v) is 3.29. The number of nitrogens with one attached hydrogen (secondary N) is 1. The highest BCUT2D eigenvalue weighted by Gasteiger charge is 2.23. The van der Waals surface area contributed by atoms with Gasteiger partial charge in [0.2, 0.25) is 0 Å². The second kappa shape index (κ2) is 7.12. The minimum absolute atomic E-state index is 0.492. The number of benzene rings is 1. The van der Waals surface area contributed by atoms with Crippen LogP contribution in [0.1, 0.15) is 58.6 Å². The largest absolute Gasteiger partial charge is 0.369 e. The molecule has 1 aliphatic rings. The van der Waals surface area contributed by atoms with E-state index >= 15 is 0 Å². The normalized spacial score (nSPS) is 24.7. The van der Waals surface area contributed by atoms with Gasteiger partial charge in [-0.05, 0) is 56.3 Å². The molecule has 0 amide bonds. The standard InChI is InChI=1S/C18H30N2/c1-5-18(19-6-2)16-9-11-17(12-10-16)20-13-14(3)7-8-15(20)4/h9-12,14-15,18-19H,5-8,13H2,1-4H3. The highest BCUT2D eigenvalue weighted by atomic mass is 15.2. The molecule has 1 heterocycles. The molecule has 0 bridgehead atoms. The first-order valence-electron chi connectivity index (χ1n) is 8.25. The Balaban J connectivity index is 2.10. The molecule has 0 aliphatic carbocycles. The molecule has 1 saturated heterocycles. The predicted molar refractivity (Wildman–Crippen MR) is 88.4 cm³/mol. The molecular formula is C18H30N2. The summed E-state index contributed by atoms with van der Waals surface area (Å²) in [5.74, 6) is 0.816. The van der Waals surface area contributed by atoms with Crippen LogP contribution in [-0.2, 0) is 0 Å². The summed E-state index contributed by atoms with van der Waals surface area (Å²) in [5.41, 5.74) is 2.80. The quantitative estimate of drug-likeness (QED) is 0.857. The molecule has 1 aliphatic heterocycles. The van der Waals surface area contributed by atoms with Gasteiger partial charge in [-0.1, -0.05) is 32.9 Å². The average molecular weight is 274 g/mol. The molecule has 112 valence electrons. The molecule has 0 saturated carbocycles. The average Bonchev–Trinajstić information content (AvgIpc) is 2.47. The summed E-state index contributed by atoms with van der Waals surface area (Å²) in [6.45, 7) is 11.4. The molecule has 1 aromatic carbocycles. The van der Waals surface area contributed by atoms with Crippen molar-refractivity contribution in [2.75, 3.05) is 18.0 Å². The lowest BCUT2D eigenvalue weighted by molar-refractivity contribution is 0.390. The van der Waals surface area contributed by atoms with E-state index in [4.69, 9.17) is 0 Å². The summed E-state index contributed by atoms with van der Waals surface area (Å²) in [7, 11) is 0. The lowest BCUT2D eigenvalue weighted by Gasteiger charge is -2.38. The van der Waals surface area contributed by atoms with Gasteiger partial charge in [-0.25, -0.2) is 0 Å². The number of piperidine rings is 1. The summed E-state index contributed by atoms with van der Waals surface area (Å²) in [5, 5.41) is 3.55. The Kier molecular flexibility index (Phi) is 5.47. The lowest BCUT2D eigenvalue weighted by atomic mass is 9.94. The Labute approximate surface area is 124 Å². The van der Waals surface area contributed by atoms with Crippen LogP contribution < -0.4 is 10.2 Å². The van der Waals surface area contributed by atoms with E-state index < -0.39 is 0 Å². The van der Waals surface area contributed by atoms with Gasteiger partial charge in [0.25, 0.3) is 0 Å². The van der Waals surface area contributed by atoms with Crippen LogP contribution in [0.2, 0.25) is 0 Å². The monoisotopic (exact) mass is 274 g/mol. The maximum atomic E-state index is 3.55. The van der Waals surface area contributed by atoms with Crippen LogP contribution >= 0.6 is 0 Å². The first kappa shape index (κ1) is 15.4. The van der Waals surface area contributed by atoms with Crippen molar-refractivity contribution in [1.29, 1.82) is 0 Å². The smallest absolute Gasteiger partial charge is 0.0368 e. The van der Waals surface area contributed by atoms with Crippen LogP contribution in [0, 0.1) is 5.92 Å². The third-order valence-electron chi connectivity index (χ3n) is 4.60. The van der Waals surface area contributed by atoms with Crippen LogP contribution in [0.5, 0.6) is 0 Å². The third-order valence-corrected chi connectivity index (χ3v) is 4.60. The van der Waals surface area contributed by atoms with Crippen LogP contribution in [0.25, 0.3) is 0 Å². The van der Waals surface area contributed by atoms with Gasteiger partial charge in [0.05, 0.1) is 0 Å². The zero-order chi connectivity index (χ0) is 14.5. The Bertz CT molecular complexity index is 398. The van der Waals surface area contributed by atoms with Crippen LogP contribution in [-0.4, -0.2) is 19.1 Å². The Morgan fingerprint density at radius 3 is 2.45 bits per heavy atom. The van der Waals surface area contributed by atoms with Gasteiger partial charge in [0, 0.05) is 24.3 Å². The lowest BCUT2D eigenvalue weighted by Crippen LogP contribution is -2.41. The topological polar surface area (TPSA) is 15.3 Å². The maximum Gasteiger partial charge on any atom is 0.0368 e. The second-order valence-electron chi connectivity index (χ2n) is 6.29. The predicted octanol–water partition coefficient (Wildman–Crippen LogP) is 4.37. The molecule has 2 nitrogen and oxygen atoms in total. The first-order valence-corrected chi connectivity index (χ1v) is 8.25. The van der Waals surface area contributed by atoms with Crippen LogP contribution in [0.4, 0.5) is 5.69 Å². The van der Waals surface area contributed by atoms with Gasteiger partial charge in [0.1, 0.15) is 0 Å². The zero-order valence-corrected chi connectivity index (χ0v) is 13.5. The number of hydrogen-bond acceptors (Lipinski definition) is 2. The molecule has 3 atom stereocenters. The van der Waals surface area contributed by atoms with E-state index in [1.54, 1.807) is 0 Å². The Hall–Kier alpha value is -1.02. The van der Waals surface area contributed by atoms with E-state index in [0.29, 0.717) is 12.1 Å². The van der Waals surface area contributed by atoms with E-state index in [1.165, 1.54) is 30.6 Å². The molecule has 0 radical (unpaired) electrons. The maximum absolute atomic E-state index is 3.55. The summed E-state index contributed by atoms with van der Waals surface area (Å²) < 4.78 is 0. The third kappa shape index (κ3) is 3.54. The minimum atomic E-state index is 0.492. The van der Waals surface area contributed by atoms with Gasteiger partial charge < -0.3 is 10.2 Å². The van der Waals surface area contributed by atoms with Crippen LogP contribution in [0.15, 0.2) is 24.3 Å². The van der Waals surface area contributed by atoms with Gasteiger partial charge >= 0.3 is 0 Å². The van der Waals surface area contributed by atoms with E-state index in [0.717, 1.165) is 18.9 Å². The molecule has 0 aromatic heterocycles. The molecule has 2 heteroatoms. The van der Waals surface area contributed by atoms with Gasteiger partial charge in [-0.2, -0.15) is 0 Å². The molecule has 3 unspecified atom stereocenters. The van der Waals surface area contributed by atoms with E-state index in [1.807, 2.05) is 0 Å². The van der Waals surface area contributed by atoms with Crippen molar-refractivity contribution in [2.45, 2.75) is 59.0 Å². The van der Waals surface area contributed by atoms with E-state index in [9.17, 15) is 0 Å². The van der Waals surface area contributed by atoms with Crippen molar-refractivity contribution in [3.8, 4) is 0 Å². The summed E-state index contributed by atoms with van der Waals surface area (Å²) in [6, 6.07) is 10.4. The van der Waals surface area contributed by atoms with Crippen molar-refractivity contribution in [3.63, 3.8) is 0 Å². The van der Waals surface area contributed by atoms with Crippen molar-refractivity contribution in [2.24, 2.45) is 5.92 Å². The second-order valence-corrected chi connectivity index (χ2v) is 6.29. The van der Waals surface area contributed by atoms with Crippen LogP contribution in [0.3, 0.4) is 0 Å². The van der Waals surface area contributed by atoms with Crippen molar-refractivity contribution in [3.05, 3.63) is 29.8 Å². The molecule has 1 fully saturated rings. The molecule has 1 N–H and O–H groups in total. The zero-order valence-electron chi connectivity index (χ0n) is 13.5. The SMILES string of the molecule is CCNC(CC)c1ccc(N2CC(C)CCC2C)cc1. The molecular weight excluding hydrogens is 244 g/mol. The highest BCUT2D eigenvalue weighted by Crippen LogP contribution is 2.28. The molecule has 0 spiro atoms.